The van der Waals surface area contributed by atoms with Crippen LogP contribution in [0.4, 0.5) is 11.4 Å². The van der Waals surface area contributed by atoms with Crippen molar-refractivity contribution in [2.75, 3.05) is 37.5 Å². The van der Waals surface area contributed by atoms with Crippen LogP contribution in [0.25, 0.3) is 17.0 Å². The van der Waals surface area contributed by atoms with Gasteiger partial charge in [-0.25, -0.2) is 9.50 Å². The third-order valence-electron chi connectivity index (χ3n) is 4.20. The molecule has 2 aromatic heterocycles. The number of nitrogens with zero attached hydrogens (tertiary/aromatic N) is 6. The quantitative estimate of drug-likeness (QED) is 0.391. The first kappa shape index (κ1) is 16.7. The molecule has 0 saturated carbocycles. The SMILES string of the molecule is CSc1nc2nc(-c3cc(N4CCOCC4)ccc3[N+](=O)[O-])ccn2n1. The van der Waals surface area contributed by atoms with E-state index in [1.165, 1.54) is 17.8 Å². The highest BCUT2D eigenvalue weighted by atomic mass is 32.2. The summed E-state index contributed by atoms with van der Waals surface area (Å²) in [7, 11) is 0. The number of ether oxygens (including phenoxy) is 1. The van der Waals surface area contributed by atoms with E-state index < -0.39 is 0 Å². The van der Waals surface area contributed by atoms with E-state index in [0.717, 1.165) is 18.8 Å². The van der Waals surface area contributed by atoms with E-state index in [-0.39, 0.29) is 10.6 Å². The summed E-state index contributed by atoms with van der Waals surface area (Å²) in [5, 5.41) is 16.4. The molecule has 0 unspecified atom stereocenters. The average molecular weight is 372 g/mol. The standard InChI is InChI=1S/C16H16N6O3S/c1-26-16-18-15-17-13(4-5-21(15)19-16)12-10-11(2-3-14(12)22(23)24)20-6-8-25-9-7-20/h2-5,10H,6-9H2,1H3. The van der Waals surface area contributed by atoms with Crippen LogP contribution in [0.2, 0.25) is 0 Å². The van der Waals surface area contributed by atoms with E-state index in [4.69, 9.17) is 4.74 Å². The molecule has 1 fully saturated rings. The van der Waals surface area contributed by atoms with Gasteiger partial charge in [0.1, 0.15) is 0 Å². The predicted octanol–water partition coefficient (Wildman–Crippen LogP) is 2.26. The molecule has 9 nitrogen and oxygen atoms in total. The summed E-state index contributed by atoms with van der Waals surface area (Å²) in [5.74, 6) is 0.415. The number of thioether (sulfide) groups is 1. The first-order valence-corrected chi connectivity index (χ1v) is 9.27. The molecular weight excluding hydrogens is 356 g/mol. The van der Waals surface area contributed by atoms with Crippen LogP contribution >= 0.6 is 11.8 Å². The van der Waals surface area contributed by atoms with Gasteiger partial charge in [0.05, 0.1) is 29.4 Å². The molecule has 1 saturated heterocycles. The fraction of sp³-hybridized carbons (Fsp3) is 0.312. The van der Waals surface area contributed by atoms with Gasteiger partial charge >= 0.3 is 0 Å². The molecule has 4 rings (SSSR count). The highest BCUT2D eigenvalue weighted by Crippen LogP contribution is 2.33. The number of aromatic nitrogens is 4. The van der Waals surface area contributed by atoms with Crippen molar-refractivity contribution in [2.45, 2.75) is 5.16 Å². The fourth-order valence-electron chi connectivity index (χ4n) is 2.90. The normalized spacial score (nSPS) is 14.7. The van der Waals surface area contributed by atoms with Gasteiger partial charge in [-0.2, -0.15) is 4.98 Å². The molecule has 134 valence electrons. The Hall–Kier alpha value is -2.72. The van der Waals surface area contributed by atoms with E-state index in [1.807, 2.05) is 12.3 Å². The monoisotopic (exact) mass is 372 g/mol. The zero-order valence-corrected chi connectivity index (χ0v) is 14.8. The number of morpholine rings is 1. The van der Waals surface area contributed by atoms with Crippen molar-refractivity contribution >= 4 is 28.9 Å². The molecule has 1 aromatic carbocycles. The van der Waals surface area contributed by atoms with Gasteiger partial charge in [0.15, 0.2) is 0 Å². The second kappa shape index (κ2) is 6.89. The predicted molar refractivity (Wildman–Crippen MR) is 97.7 cm³/mol. The lowest BCUT2D eigenvalue weighted by Gasteiger charge is -2.29. The lowest BCUT2D eigenvalue weighted by atomic mass is 10.1. The number of hydrogen-bond acceptors (Lipinski definition) is 8. The number of fused-ring (bicyclic) bond motifs is 1. The minimum atomic E-state index is -0.387. The summed E-state index contributed by atoms with van der Waals surface area (Å²) in [6.45, 7) is 2.80. The average Bonchev–Trinajstić information content (AvgIpc) is 3.10. The maximum absolute atomic E-state index is 11.5. The molecule has 0 radical (unpaired) electrons. The molecule has 26 heavy (non-hydrogen) atoms. The van der Waals surface area contributed by atoms with Crippen LogP contribution in [0.3, 0.4) is 0 Å². The Balaban J connectivity index is 1.81. The van der Waals surface area contributed by atoms with Crippen LogP contribution in [0.15, 0.2) is 35.6 Å². The van der Waals surface area contributed by atoms with Crippen molar-refractivity contribution in [2.24, 2.45) is 0 Å². The molecule has 1 aliphatic heterocycles. The summed E-state index contributed by atoms with van der Waals surface area (Å²) in [4.78, 5) is 22.1. The Labute approximate surface area is 153 Å². The Morgan fingerprint density at radius 2 is 2.04 bits per heavy atom. The first-order chi connectivity index (χ1) is 12.7. The Morgan fingerprint density at radius 1 is 1.23 bits per heavy atom. The Bertz CT molecular complexity index is 970. The lowest BCUT2D eigenvalue weighted by Crippen LogP contribution is -2.36. The molecule has 0 atom stereocenters. The van der Waals surface area contributed by atoms with Gasteiger partial charge < -0.3 is 9.64 Å². The van der Waals surface area contributed by atoms with Crippen LogP contribution in [0.1, 0.15) is 0 Å². The molecule has 0 bridgehead atoms. The van der Waals surface area contributed by atoms with E-state index >= 15 is 0 Å². The highest BCUT2D eigenvalue weighted by molar-refractivity contribution is 7.98. The van der Waals surface area contributed by atoms with Crippen LogP contribution in [0, 0.1) is 10.1 Å². The number of anilines is 1. The molecule has 0 amide bonds. The second-order valence-electron chi connectivity index (χ2n) is 5.71. The summed E-state index contributed by atoms with van der Waals surface area (Å²) in [6.07, 6.45) is 3.60. The van der Waals surface area contributed by atoms with Crippen molar-refractivity contribution in [1.29, 1.82) is 0 Å². The Morgan fingerprint density at radius 3 is 2.77 bits per heavy atom. The van der Waals surface area contributed by atoms with Gasteiger partial charge in [0.2, 0.25) is 5.16 Å². The van der Waals surface area contributed by atoms with Crippen molar-refractivity contribution in [3.8, 4) is 11.3 Å². The molecule has 10 heteroatoms. The number of rotatable bonds is 4. The number of nitro benzene ring substituents is 1. The van der Waals surface area contributed by atoms with E-state index in [9.17, 15) is 10.1 Å². The van der Waals surface area contributed by atoms with Gasteiger partial charge in [-0.1, -0.05) is 11.8 Å². The van der Waals surface area contributed by atoms with Crippen molar-refractivity contribution in [3.63, 3.8) is 0 Å². The van der Waals surface area contributed by atoms with Crippen molar-refractivity contribution in [3.05, 3.63) is 40.6 Å². The molecule has 3 heterocycles. The number of hydrogen-bond donors (Lipinski definition) is 0. The van der Waals surface area contributed by atoms with Crippen LogP contribution in [-0.2, 0) is 4.74 Å². The van der Waals surface area contributed by atoms with Crippen molar-refractivity contribution < 1.29 is 9.66 Å². The Kier molecular flexibility index (Phi) is 4.43. The molecule has 1 aliphatic rings. The van der Waals surface area contributed by atoms with Crippen molar-refractivity contribution in [1.82, 2.24) is 19.6 Å². The van der Waals surface area contributed by atoms with Crippen LogP contribution < -0.4 is 4.90 Å². The number of nitro groups is 1. The summed E-state index contributed by atoms with van der Waals surface area (Å²) >= 11 is 1.42. The van der Waals surface area contributed by atoms with E-state index in [2.05, 4.69) is 20.0 Å². The molecule has 0 spiro atoms. The van der Waals surface area contributed by atoms with E-state index in [0.29, 0.717) is 35.4 Å². The maximum Gasteiger partial charge on any atom is 0.278 e. The smallest absolute Gasteiger partial charge is 0.278 e. The van der Waals surface area contributed by atoms with Crippen LogP contribution in [-0.4, -0.2) is 57.1 Å². The molecule has 0 aliphatic carbocycles. The zero-order valence-electron chi connectivity index (χ0n) is 14.0. The topological polar surface area (TPSA) is 98.7 Å². The fourth-order valence-corrected chi connectivity index (χ4v) is 3.24. The van der Waals surface area contributed by atoms with Gasteiger partial charge in [-0.15, -0.1) is 5.10 Å². The highest BCUT2D eigenvalue weighted by Gasteiger charge is 2.20. The lowest BCUT2D eigenvalue weighted by molar-refractivity contribution is -0.384. The van der Waals surface area contributed by atoms with Gasteiger partial charge in [-0.05, 0) is 24.5 Å². The minimum absolute atomic E-state index is 0.0171. The maximum atomic E-state index is 11.5. The third kappa shape index (κ3) is 3.08. The molecular formula is C16H16N6O3S. The van der Waals surface area contributed by atoms with Gasteiger partial charge in [-0.3, -0.25) is 10.1 Å². The van der Waals surface area contributed by atoms with Crippen LogP contribution in [0.5, 0.6) is 0 Å². The largest absolute Gasteiger partial charge is 0.378 e. The third-order valence-corrected chi connectivity index (χ3v) is 4.74. The minimum Gasteiger partial charge on any atom is -0.378 e. The van der Waals surface area contributed by atoms with Gasteiger partial charge in [0.25, 0.3) is 11.5 Å². The summed E-state index contributed by atoms with van der Waals surface area (Å²) in [5.41, 5.74) is 1.90. The number of benzene rings is 1. The second-order valence-corrected chi connectivity index (χ2v) is 6.49. The molecule has 3 aromatic rings. The first-order valence-electron chi connectivity index (χ1n) is 8.04. The summed E-state index contributed by atoms with van der Waals surface area (Å²) in [6, 6.07) is 6.84. The molecule has 0 N–H and O–H groups in total. The van der Waals surface area contributed by atoms with Gasteiger partial charge in [0, 0.05) is 31.0 Å². The summed E-state index contributed by atoms with van der Waals surface area (Å²) < 4.78 is 6.94. The van der Waals surface area contributed by atoms with E-state index in [1.54, 1.807) is 22.8 Å². The zero-order chi connectivity index (χ0) is 18.1.